The summed E-state index contributed by atoms with van der Waals surface area (Å²) in [6.07, 6.45) is 5.82. The lowest BCUT2D eigenvalue weighted by atomic mass is 10.1. The normalized spacial score (nSPS) is 17.1. The SMILES string of the molecule is Cc1ccc(S(=O)(=O)n2ccc3c(-c4cnn(C5CN(S(=O)(=O)C(F)(F)F)C5)c4)cc(NC(=O)C4CC4)nc32)cc1. The van der Waals surface area contributed by atoms with Crippen molar-refractivity contribution in [1.82, 2.24) is 23.0 Å². The summed E-state index contributed by atoms with van der Waals surface area (Å²) >= 11 is 0. The van der Waals surface area contributed by atoms with E-state index in [1.807, 2.05) is 6.92 Å². The van der Waals surface area contributed by atoms with Gasteiger partial charge in [0.15, 0.2) is 5.65 Å². The van der Waals surface area contributed by atoms with Gasteiger partial charge in [-0.2, -0.15) is 22.6 Å². The molecule has 1 saturated heterocycles. The van der Waals surface area contributed by atoms with Gasteiger partial charge in [0, 0.05) is 42.4 Å². The van der Waals surface area contributed by atoms with E-state index in [9.17, 15) is 34.8 Å². The van der Waals surface area contributed by atoms with Crippen molar-refractivity contribution in [3.8, 4) is 11.1 Å². The van der Waals surface area contributed by atoms with Crippen LogP contribution in [0.3, 0.4) is 0 Å². The predicted molar refractivity (Wildman–Crippen MR) is 142 cm³/mol. The highest BCUT2D eigenvalue weighted by Crippen LogP contribution is 2.37. The zero-order valence-corrected chi connectivity index (χ0v) is 23.0. The van der Waals surface area contributed by atoms with Crippen LogP contribution in [-0.4, -0.2) is 64.4 Å². The topological polar surface area (TPSA) is 136 Å². The van der Waals surface area contributed by atoms with Crippen LogP contribution in [0.25, 0.3) is 22.2 Å². The van der Waals surface area contributed by atoms with Crippen LogP contribution in [0, 0.1) is 12.8 Å². The second-order valence-electron chi connectivity index (χ2n) is 10.1. The average Bonchev–Trinajstić information content (AvgIpc) is 3.46. The highest BCUT2D eigenvalue weighted by atomic mass is 32.2. The number of pyridine rings is 1. The van der Waals surface area contributed by atoms with Gasteiger partial charge in [-0.1, -0.05) is 17.7 Å². The first kappa shape index (κ1) is 27.4. The Kier molecular flexibility index (Phi) is 6.28. The average molecular weight is 609 g/mol. The number of aromatic nitrogens is 4. The van der Waals surface area contributed by atoms with Gasteiger partial charge in [-0.15, -0.1) is 0 Å². The minimum absolute atomic E-state index is 0.0486. The van der Waals surface area contributed by atoms with Crippen molar-refractivity contribution in [3.63, 3.8) is 0 Å². The Morgan fingerprint density at radius 1 is 1.05 bits per heavy atom. The molecule has 16 heteroatoms. The Morgan fingerprint density at radius 2 is 1.73 bits per heavy atom. The molecular weight excluding hydrogens is 585 g/mol. The molecule has 0 spiro atoms. The van der Waals surface area contributed by atoms with Gasteiger partial charge >= 0.3 is 15.5 Å². The molecule has 0 unspecified atom stereocenters. The molecule has 11 nitrogen and oxygen atoms in total. The van der Waals surface area contributed by atoms with Crippen molar-refractivity contribution in [3.05, 3.63) is 60.6 Å². The van der Waals surface area contributed by atoms with Crippen molar-refractivity contribution < 1.29 is 34.8 Å². The third kappa shape index (κ3) is 4.78. The van der Waals surface area contributed by atoms with E-state index >= 15 is 0 Å². The number of nitrogens with one attached hydrogen (secondary N) is 1. The monoisotopic (exact) mass is 608 g/mol. The molecule has 4 aromatic rings. The Balaban J connectivity index is 1.38. The maximum Gasteiger partial charge on any atom is 0.511 e. The number of carbonyl (C=O) groups is 1. The van der Waals surface area contributed by atoms with E-state index in [1.54, 1.807) is 24.3 Å². The maximum atomic E-state index is 13.5. The van der Waals surface area contributed by atoms with Crippen LogP contribution in [0.2, 0.25) is 0 Å². The first-order chi connectivity index (χ1) is 19.3. The molecule has 2 fully saturated rings. The van der Waals surface area contributed by atoms with Crippen LogP contribution in [0.4, 0.5) is 19.0 Å². The number of hydrogen-bond acceptors (Lipinski definition) is 7. The molecule has 216 valence electrons. The summed E-state index contributed by atoms with van der Waals surface area (Å²) in [5.41, 5.74) is -3.49. The summed E-state index contributed by atoms with van der Waals surface area (Å²) in [4.78, 5) is 17.0. The number of halogens is 3. The molecule has 2 aliphatic rings. The summed E-state index contributed by atoms with van der Waals surface area (Å²) in [7, 11) is -9.48. The number of rotatable bonds is 7. The molecule has 41 heavy (non-hydrogen) atoms. The van der Waals surface area contributed by atoms with Gasteiger partial charge in [-0.25, -0.2) is 25.8 Å². The quantitative estimate of drug-likeness (QED) is 0.339. The molecule has 1 aliphatic carbocycles. The Labute approximate surface area is 232 Å². The van der Waals surface area contributed by atoms with E-state index in [0.717, 1.165) is 22.4 Å². The molecule has 6 rings (SSSR count). The van der Waals surface area contributed by atoms with Crippen molar-refractivity contribution in [2.75, 3.05) is 18.4 Å². The molecule has 1 N–H and O–H groups in total. The maximum absolute atomic E-state index is 13.5. The van der Waals surface area contributed by atoms with Gasteiger partial charge in [0.2, 0.25) is 5.91 Å². The minimum atomic E-state index is -5.43. The number of anilines is 1. The lowest BCUT2D eigenvalue weighted by molar-refractivity contribution is -0.117. The van der Waals surface area contributed by atoms with Gasteiger partial charge in [0.25, 0.3) is 10.0 Å². The van der Waals surface area contributed by atoms with Gasteiger partial charge in [-0.05, 0) is 49.6 Å². The fourth-order valence-electron chi connectivity index (χ4n) is 4.58. The van der Waals surface area contributed by atoms with E-state index in [2.05, 4.69) is 15.4 Å². The van der Waals surface area contributed by atoms with Gasteiger partial charge in [0.05, 0.1) is 17.1 Å². The molecule has 1 aliphatic heterocycles. The number of nitrogens with zero attached hydrogens (tertiary/aromatic N) is 5. The van der Waals surface area contributed by atoms with Crippen LogP contribution in [0.5, 0.6) is 0 Å². The first-order valence-electron chi connectivity index (χ1n) is 12.5. The number of aryl methyl sites for hydroxylation is 1. The van der Waals surface area contributed by atoms with Crippen LogP contribution < -0.4 is 5.32 Å². The Morgan fingerprint density at radius 3 is 2.37 bits per heavy atom. The number of amides is 1. The molecule has 1 aromatic carbocycles. The Hall–Kier alpha value is -3.76. The molecular formula is C25H23F3N6O5S2. The number of alkyl halides is 3. The Bertz CT molecular complexity index is 1890. The number of fused-ring (bicyclic) bond motifs is 1. The highest BCUT2D eigenvalue weighted by molar-refractivity contribution is 7.90. The zero-order chi connectivity index (χ0) is 29.3. The lowest BCUT2D eigenvalue weighted by Crippen LogP contribution is -2.54. The largest absolute Gasteiger partial charge is 0.511 e. The van der Waals surface area contributed by atoms with Crippen LogP contribution in [0.1, 0.15) is 24.4 Å². The fraction of sp³-hybridized carbons (Fsp3) is 0.320. The molecule has 4 heterocycles. The van der Waals surface area contributed by atoms with Crippen LogP contribution in [-0.2, 0) is 24.8 Å². The summed E-state index contributed by atoms with van der Waals surface area (Å²) in [5.74, 6) is -0.253. The van der Waals surface area contributed by atoms with Crippen molar-refractivity contribution >= 4 is 42.8 Å². The third-order valence-corrected chi connectivity index (χ3v) is 10.4. The van der Waals surface area contributed by atoms with E-state index < -0.39 is 44.7 Å². The van der Waals surface area contributed by atoms with Gasteiger partial charge < -0.3 is 5.32 Å². The summed E-state index contributed by atoms with van der Waals surface area (Å²) in [5, 5.41) is 7.40. The minimum Gasteiger partial charge on any atom is -0.310 e. The van der Waals surface area contributed by atoms with Gasteiger partial charge in [-0.3, -0.25) is 9.48 Å². The summed E-state index contributed by atoms with van der Waals surface area (Å²) < 4.78 is 91.7. The molecule has 0 atom stereocenters. The second-order valence-corrected chi connectivity index (χ2v) is 13.9. The third-order valence-electron chi connectivity index (χ3n) is 7.15. The molecule has 0 bridgehead atoms. The van der Waals surface area contributed by atoms with Crippen LogP contribution in [0.15, 0.2) is 59.9 Å². The second kappa shape index (κ2) is 9.39. The smallest absolute Gasteiger partial charge is 0.310 e. The molecule has 0 radical (unpaired) electrons. The van der Waals surface area contributed by atoms with Crippen molar-refractivity contribution in [2.24, 2.45) is 5.92 Å². The molecule has 3 aromatic heterocycles. The van der Waals surface area contributed by atoms with E-state index in [-0.39, 0.29) is 28.2 Å². The van der Waals surface area contributed by atoms with E-state index in [4.69, 9.17) is 0 Å². The number of sulfonamides is 1. The van der Waals surface area contributed by atoms with Crippen molar-refractivity contribution in [1.29, 1.82) is 0 Å². The zero-order valence-electron chi connectivity index (χ0n) is 21.4. The lowest BCUT2D eigenvalue weighted by Gasteiger charge is -2.38. The predicted octanol–water partition coefficient (Wildman–Crippen LogP) is 3.50. The highest BCUT2D eigenvalue weighted by Gasteiger charge is 2.53. The number of hydrogen-bond donors (Lipinski definition) is 1. The first-order valence-corrected chi connectivity index (χ1v) is 15.4. The summed E-state index contributed by atoms with van der Waals surface area (Å²) in [6.45, 7) is 1.03. The molecule has 1 amide bonds. The van der Waals surface area contributed by atoms with Crippen LogP contribution >= 0.6 is 0 Å². The number of benzene rings is 1. The van der Waals surface area contributed by atoms with E-state index in [1.165, 1.54) is 35.4 Å². The standard InChI is InChI=1S/C25H23F3N6O5S2/c1-15-2-6-19(7-3-15)40(36,37)34-9-8-20-21(10-22(30-23(20)34)31-24(35)16-4-5-16)17-11-29-33(12-17)18-13-32(14-18)41(38,39)25(26,27)28/h2-3,6-12,16,18H,4-5,13-14H2,1H3,(H,30,31,35). The number of carbonyl (C=O) groups excluding carboxylic acids is 1. The summed E-state index contributed by atoms with van der Waals surface area (Å²) in [6, 6.07) is 8.84. The van der Waals surface area contributed by atoms with Gasteiger partial charge in [0.1, 0.15) is 5.82 Å². The van der Waals surface area contributed by atoms with Crippen molar-refractivity contribution in [2.45, 2.75) is 36.2 Å². The molecule has 1 saturated carbocycles. The fourth-order valence-corrected chi connectivity index (χ4v) is 6.91. The van der Waals surface area contributed by atoms with E-state index in [0.29, 0.717) is 20.8 Å².